The first-order valence-corrected chi connectivity index (χ1v) is 6.54. The molecule has 0 aliphatic carbocycles. The average Bonchev–Trinajstić information content (AvgIpc) is 2.97. The minimum absolute atomic E-state index is 0.0153. The number of benzene rings is 2. The quantitative estimate of drug-likeness (QED) is 0.806. The van der Waals surface area contributed by atoms with Gasteiger partial charge in [0.1, 0.15) is 0 Å². The van der Waals surface area contributed by atoms with Crippen LogP contribution in [0.5, 0.6) is 0 Å². The Labute approximate surface area is 125 Å². The first-order chi connectivity index (χ1) is 10.2. The van der Waals surface area contributed by atoms with Gasteiger partial charge in [0.05, 0.1) is 16.9 Å². The number of aromatic nitrogens is 3. The summed E-state index contributed by atoms with van der Waals surface area (Å²) < 4.78 is 1.24. The number of nitrogens with zero attached hydrogens (tertiary/aromatic N) is 3. The molecule has 1 heterocycles. The highest BCUT2D eigenvalue weighted by molar-refractivity contribution is 6.33. The maximum Gasteiger partial charge on any atom is 0.356 e. The molecule has 0 unspecified atom stereocenters. The Morgan fingerprint density at radius 3 is 2.57 bits per heavy atom. The van der Waals surface area contributed by atoms with Crippen LogP contribution in [0, 0.1) is 0 Å². The summed E-state index contributed by atoms with van der Waals surface area (Å²) >= 11 is 6.30. The molecule has 0 atom stereocenters. The lowest BCUT2D eigenvalue weighted by atomic mass is 10.1. The molecule has 0 saturated carbocycles. The third kappa shape index (κ3) is 2.51. The van der Waals surface area contributed by atoms with Crippen LogP contribution in [-0.4, -0.2) is 26.1 Å². The van der Waals surface area contributed by atoms with Crippen LogP contribution in [-0.2, 0) is 0 Å². The summed E-state index contributed by atoms with van der Waals surface area (Å²) in [5, 5.41) is 17.0. The normalized spacial score (nSPS) is 10.5. The lowest BCUT2D eigenvalue weighted by Gasteiger charge is -2.08. The van der Waals surface area contributed by atoms with Gasteiger partial charge >= 0.3 is 5.97 Å². The largest absolute Gasteiger partial charge is 0.476 e. The van der Waals surface area contributed by atoms with Crippen LogP contribution in [0.4, 0.5) is 0 Å². The molecular weight excluding hydrogens is 290 g/mol. The molecule has 0 saturated heterocycles. The molecule has 2 aromatic carbocycles. The van der Waals surface area contributed by atoms with Crippen LogP contribution in [0.2, 0.25) is 5.02 Å². The highest BCUT2D eigenvalue weighted by Gasteiger charge is 2.14. The van der Waals surface area contributed by atoms with Gasteiger partial charge in [-0.1, -0.05) is 53.2 Å². The molecule has 5 nitrogen and oxygen atoms in total. The van der Waals surface area contributed by atoms with Crippen molar-refractivity contribution in [2.75, 3.05) is 0 Å². The van der Waals surface area contributed by atoms with Crippen molar-refractivity contribution in [1.29, 1.82) is 0 Å². The zero-order chi connectivity index (χ0) is 14.8. The summed E-state index contributed by atoms with van der Waals surface area (Å²) in [6.07, 6.45) is 1.20. The smallest absolute Gasteiger partial charge is 0.356 e. The van der Waals surface area contributed by atoms with E-state index in [-0.39, 0.29) is 5.69 Å². The Morgan fingerprint density at radius 2 is 1.90 bits per heavy atom. The van der Waals surface area contributed by atoms with E-state index in [1.807, 2.05) is 36.4 Å². The number of rotatable bonds is 3. The fraction of sp³-hybridized carbons (Fsp3) is 0. The second-order valence-electron chi connectivity index (χ2n) is 4.37. The highest BCUT2D eigenvalue weighted by Crippen LogP contribution is 2.29. The zero-order valence-electron chi connectivity index (χ0n) is 10.8. The van der Waals surface area contributed by atoms with Crippen LogP contribution < -0.4 is 0 Å². The minimum atomic E-state index is -1.09. The van der Waals surface area contributed by atoms with Gasteiger partial charge in [0, 0.05) is 5.56 Å². The fourth-order valence-electron chi connectivity index (χ4n) is 2.06. The standard InChI is InChI=1S/C15H10ClN3O2/c16-13-8-11(19-14(15(20)21)9-17-18-19)6-7-12(13)10-4-2-1-3-5-10/h1-9H,(H,20,21). The van der Waals surface area contributed by atoms with Gasteiger partial charge in [-0.3, -0.25) is 0 Å². The van der Waals surface area contributed by atoms with Crippen molar-refractivity contribution >= 4 is 17.6 Å². The van der Waals surface area contributed by atoms with E-state index >= 15 is 0 Å². The Morgan fingerprint density at radius 1 is 1.14 bits per heavy atom. The number of aromatic carboxylic acids is 1. The molecule has 3 aromatic rings. The van der Waals surface area contributed by atoms with E-state index in [0.717, 1.165) is 11.1 Å². The number of hydrogen-bond donors (Lipinski definition) is 1. The van der Waals surface area contributed by atoms with E-state index in [4.69, 9.17) is 16.7 Å². The molecule has 0 radical (unpaired) electrons. The summed E-state index contributed by atoms with van der Waals surface area (Å²) in [6.45, 7) is 0. The summed E-state index contributed by atoms with van der Waals surface area (Å²) in [6, 6.07) is 15.0. The number of carboxylic acid groups (broad SMARTS) is 1. The second kappa shape index (κ2) is 5.38. The van der Waals surface area contributed by atoms with Crippen LogP contribution in [0.1, 0.15) is 10.5 Å². The maximum atomic E-state index is 11.1. The molecule has 0 fully saturated rings. The number of hydrogen-bond acceptors (Lipinski definition) is 3. The van der Waals surface area contributed by atoms with Crippen molar-refractivity contribution in [2.24, 2.45) is 0 Å². The van der Waals surface area contributed by atoms with E-state index in [1.165, 1.54) is 10.9 Å². The van der Waals surface area contributed by atoms with Crippen LogP contribution in [0.15, 0.2) is 54.7 Å². The van der Waals surface area contributed by atoms with Crippen LogP contribution in [0.3, 0.4) is 0 Å². The minimum Gasteiger partial charge on any atom is -0.476 e. The van der Waals surface area contributed by atoms with Crippen molar-refractivity contribution in [3.05, 3.63) is 65.4 Å². The third-order valence-corrected chi connectivity index (χ3v) is 3.36. The van der Waals surface area contributed by atoms with Crippen LogP contribution >= 0.6 is 11.6 Å². The molecule has 3 rings (SSSR count). The monoisotopic (exact) mass is 299 g/mol. The van der Waals surface area contributed by atoms with Gasteiger partial charge in [-0.25, -0.2) is 9.48 Å². The summed E-state index contributed by atoms with van der Waals surface area (Å²) in [5.74, 6) is -1.09. The third-order valence-electron chi connectivity index (χ3n) is 3.05. The molecule has 21 heavy (non-hydrogen) atoms. The molecule has 6 heteroatoms. The van der Waals surface area contributed by atoms with Crippen molar-refractivity contribution in [2.45, 2.75) is 0 Å². The van der Waals surface area contributed by atoms with Crippen molar-refractivity contribution in [3.63, 3.8) is 0 Å². The van der Waals surface area contributed by atoms with E-state index in [2.05, 4.69) is 10.3 Å². The lowest BCUT2D eigenvalue weighted by Crippen LogP contribution is -2.07. The van der Waals surface area contributed by atoms with Gasteiger partial charge in [0.25, 0.3) is 0 Å². The van der Waals surface area contributed by atoms with Gasteiger partial charge in [0.15, 0.2) is 5.69 Å². The van der Waals surface area contributed by atoms with Gasteiger partial charge in [0.2, 0.25) is 0 Å². The second-order valence-corrected chi connectivity index (χ2v) is 4.77. The molecule has 104 valence electrons. The van der Waals surface area contributed by atoms with Gasteiger partial charge in [-0.05, 0) is 17.7 Å². The number of carbonyl (C=O) groups is 1. The predicted molar refractivity (Wildman–Crippen MR) is 78.8 cm³/mol. The Hall–Kier alpha value is -2.66. The molecular formula is C15H10ClN3O2. The highest BCUT2D eigenvalue weighted by atomic mass is 35.5. The SMILES string of the molecule is O=C(O)c1cnnn1-c1ccc(-c2ccccc2)c(Cl)c1. The van der Waals surface area contributed by atoms with E-state index < -0.39 is 5.97 Å². The summed E-state index contributed by atoms with van der Waals surface area (Å²) in [4.78, 5) is 11.1. The zero-order valence-corrected chi connectivity index (χ0v) is 11.5. The first-order valence-electron chi connectivity index (χ1n) is 6.16. The van der Waals surface area contributed by atoms with Crippen LogP contribution in [0.25, 0.3) is 16.8 Å². The van der Waals surface area contributed by atoms with Crippen molar-refractivity contribution in [1.82, 2.24) is 15.0 Å². The molecule has 0 bridgehead atoms. The topological polar surface area (TPSA) is 68.0 Å². The fourth-order valence-corrected chi connectivity index (χ4v) is 2.34. The Balaban J connectivity index is 2.06. The molecule has 0 aliphatic heterocycles. The lowest BCUT2D eigenvalue weighted by molar-refractivity contribution is 0.0687. The Kier molecular flexibility index (Phi) is 3.41. The number of halogens is 1. The van der Waals surface area contributed by atoms with Gasteiger partial charge < -0.3 is 5.11 Å². The summed E-state index contributed by atoms with van der Waals surface area (Å²) in [7, 11) is 0. The molecule has 1 N–H and O–H groups in total. The number of carboxylic acids is 1. The van der Waals surface area contributed by atoms with E-state index in [1.54, 1.807) is 12.1 Å². The van der Waals surface area contributed by atoms with Crippen molar-refractivity contribution in [3.8, 4) is 16.8 Å². The molecule has 0 amide bonds. The molecule has 0 spiro atoms. The molecule has 0 aliphatic rings. The van der Waals surface area contributed by atoms with E-state index in [0.29, 0.717) is 10.7 Å². The van der Waals surface area contributed by atoms with Crippen molar-refractivity contribution < 1.29 is 9.90 Å². The summed E-state index contributed by atoms with van der Waals surface area (Å²) in [5.41, 5.74) is 2.40. The first kappa shape index (κ1) is 13.3. The van der Waals surface area contributed by atoms with Gasteiger partial charge in [-0.15, -0.1) is 5.10 Å². The molecule has 1 aromatic heterocycles. The maximum absolute atomic E-state index is 11.1. The van der Waals surface area contributed by atoms with Gasteiger partial charge in [-0.2, -0.15) is 0 Å². The Bertz CT molecular complexity index is 800. The predicted octanol–water partition coefficient (Wildman–Crippen LogP) is 3.29. The van der Waals surface area contributed by atoms with E-state index in [9.17, 15) is 4.79 Å². The average molecular weight is 300 g/mol.